The predicted molar refractivity (Wildman–Crippen MR) is 127 cm³/mol. The number of aliphatic hydroxyl groups is 1. The topological polar surface area (TPSA) is 98.5 Å². The van der Waals surface area contributed by atoms with Crippen molar-refractivity contribution in [1.29, 1.82) is 0 Å². The molecule has 4 rings (SSSR count). The van der Waals surface area contributed by atoms with E-state index in [0.29, 0.717) is 38.0 Å². The molecule has 0 radical (unpaired) electrons. The number of aryl methyl sites for hydroxylation is 1. The number of hydrogen-bond donors (Lipinski definition) is 1. The summed E-state index contributed by atoms with van der Waals surface area (Å²) in [6, 6.07) is 15.3. The molecule has 1 aliphatic rings. The lowest BCUT2D eigenvalue weighted by molar-refractivity contribution is -0.116. The molecular formula is C25H30N2O5S. The van der Waals surface area contributed by atoms with Crippen molar-refractivity contribution < 1.29 is 23.1 Å². The first-order chi connectivity index (χ1) is 15.8. The van der Waals surface area contributed by atoms with E-state index in [-0.39, 0.29) is 29.8 Å². The molecule has 33 heavy (non-hydrogen) atoms. The number of hydrogen-bond acceptors (Lipinski definition) is 6. The summed E-state index contributed by atoms with van der Waals surface area (Å²) in [4.78, 5) is 15.9. The Balaban J connectivity index is 1.41. The second-order valence-corrected chi connectivity index (χ2v) is 11.1. The average Bonchev–Trinajstić information content (AvgIpc) is 3.30. The van der Waals surface area contributed by atoms with Gasteiger partial charge in [-0.05, 0) is 55.5 Å². The molecule has 0 amide bonds. The van der Waals surface area contributed by atoms with Crippen LogP contribution in [0.5, 0.6) is 5.75 Å². The van der Waals surface area contributed by atoms with Crippen LogP contribution in [0.4, 0.5) is 0 Å². The lowest BCUT2D eigenvalue weighted by Crippen LogP contribution is -2.25. The van der Waals surface area contributed by atoms with E-state index < -0.39 is 15.9 Å². The molecule has 176 valence electrons. The number of sulfone groups is 1. The van der Waals surface area contributed by atoms with Gasteiger partial charge in [-0.25, -0.2) is 13.4 Å². The Morgan fingerprint density at radius 2 is 1.97 bits per heavy atom. The van der Waals surface area contributed by atoms with Crippen molar-refractivity contribution in [2.75, 3.05) is 18.1 Å². The Bertz CT molecular complexity index is 1220. The number of aromatic nitrogens is 2. The van der Waals surface area contributed by atoms with Crippen molar-refractivity contribution in [2.45, 2.75) is 45.3 Å². The van der Waals surface area contributed by atoms with Crippen LogP contribution in [0.25, 0.3) is 11.0 Å². The quantitative estimate of drug-likeness (QED) is 0.489. The summed E-state index contributed by atoms with van der Waals surface area (Å²) in [6.07, 6.45) is 1.69. The Morgan fingerprint density at radius 1 is 1.21 bits per heavy atom. The highest BCUT2D eigenvalue weighted by molar-refractivity contribution is 7.91. The van der Waals surface area contributed by atoms with Crippen LogP contribution in [0.1, 0.15) is 31.2 Å². The molecule has 2 heterocycles. The number of Topliss-reactive ketones (excluding diaryl/α,β-unsaturated/α-hetero) is 1. The van der Waals surface area contributed by atoms with Gasteiger partial charge in [-0.2, -0.15) is 0 Å². The van der Waals surface area contributed by atoms with Crippen molar-refractivity contribution in [1.82, 2.24) is 9.55 Å². The number of ketones is 1. The predicted octanol–water partition coefficient (Wildman–Crippen LogP) is 2.98. The van der Waals surface area contributed by atoms with E-state index in [9.17, 15) is 18.3 Å². The van der Waals surface area contributed by atoms with Gasteiger partial charge in [-0.15, -0.1) is 0 Å². The van der Waals surface area contributed by atoms with Crippen LogP contribution >= 0.6 is 0 Å². The van der Waals surface area contributed by atoms with Gasteiger partial charge in [0, 0.05) is 12.8 Å². The van der Waals surface area contributed by atoms with Crippen LogP contribution in [-0.2, 0) is 34.0 Å². The smallest absolute Gasteiger partial charge is 0.150 e. The third-order valence-electron chi connectivity index (χ3n) is 6.06. The highest BCUT2D eigenvalue weighted by Crippen LogP contribution is 2.25. The lowest BCUT2D eigenvalue weighted by atomic mass is 10.1. The molecule has 8 heteroatoms. The number of aliphatic hydroxyl groups excluding tert-OH is 1. The molecule has 1 aliphatic heterocycles. The molecule has 0 unspecified atom stereocenters. The monoisotopic (exact) mass is 470 g/mol. The van der Waals surface area contributed by atoms with E-state index in [1.54, 1.807) is 6.92 Å². The molecule has 1 aromatic heterocycles. The Labute approximate surface area is 194 Å². The Morgan fingerprint density at radius 3 is 2.67 bits per heavy atom. The number of ether oxygens (including phenoxy) is 1. The molecule has 0 bridgehead atoms. The fourth-order valence-corrected chi connectivity index (χ4v) is 6.17. The minimum absolute atomic E-state index is 0.0560. The van der Waals surface area contributed by atoms with Gasteiger partial charge in [-0.1, -0.05) is 24.3 Å². The van der Waals surface area contributed by atoms with Crippen molar-refractivity contribution in [2.24, 2.45) is 5.92 Å². The lowest BCUT2D eigenvalue weighted by Gasteiger charge is -2.17. The highest BCUT2D eigenvalue weighted by Gasteiger charge is 2.29. The van der Waals surface area contributed by atoms with E-state index in [0.717, 1.165) is 22.4 Å². The van der Waals surface area contributed by atoms with Crippen LogP contribution < -0.4 is 4.74 Å². The van der Waals surface area contributed by atoms with Gasteiger partial charge in [0.05, 0.1) is 29.1 Å². The minimum Gasteiger partial charge on any atom is -0.491 e. The molecule has 1 fully saturated rings. The maximum absolute atomic E-state index is 11.9. The fraction of sp³-hybridized carbons (Fsp3) is 0.440. The number of rotatable bonds is 10. The van der Waals surface area contributed by atoms with E-state index >= 15 is 0 Å². The van der Waals surface area contributed by atoms with Gasteiger partial charge in [-0.3, -0.25) is 0 Å². The van der Waals surface area contributed by atoms with Gasteiger partial charge < -0.3 is 19.2 Å². The van der Waals surface area contributed by atoms with E-state index in [1.807, 2.05) is 53.1 Å². The zero-order valence-corrected chi connectivity index (χ0v) is 19.6. The SMILES string of the molecule is CC(=O)CCc1ccc(OC[C@@H](O)Cn2c(C[C@@H]3CCS(=O)(=O)C3)nc3ccccc32)cc1. The minimum atomic E-state index is -2.96. The van der Waals surface area contributed by atoms with Gasteiger partial charge in [0.25, 0.3) is 0 Å². The molecule has 3 aromatic rings. The van der Waals surface area contributed by atoms with Gasteiger partial charge in [0.2, 0.25) is 0 Å². The second-order valence-electron chi connectivity index (χ2n) is 8.91. The van der Waals surface area contributed by atoms with Gasteiger partial charge in [0.1, 0.15) is 30.1 Å². The van der Waals surface area contributed by atoms with Crippen LogP contribution in [-0.4, -0.2) is 53.1 Å². The molecule has 2 atom stereocenters. The first-order valence-corrected chi connectivity index (χ1v) is 13.1. The summed E-state index contributed by atoms with van der Waals surface area (Å²) in [5, 5.41) is 10.7. The summed E-state index contributed by atoms with van der Waals surface area (Å²) >= 11 is 0. The zero-order chi connectivity index (χ0) is 23.4. The standard InChI is InChI=1S/C25H30N2O5S/c1-18(28)6-7-19-8-10-22(11-9-19)32-16-21(29)15-27-24-5-3-2-4-23(24)26-25(27)14-20-12-13-33(30,31)17-20/h2-5,8-11,20-21,29H,6-7,12-17H2,1H3/t20-,21-/m0/s1. The molecule has 2 aromatic carbocycles. The fourth-order valence-electron chi connectivity index (χ4n) is 4.30. The molecule has 7 nitrogen and oxygen atoms in total. The van der Waals surface area contributed by atoms with Crippen molar-refractivity contribution in [3.8, 4) is 5.75 Å². The van der Waals surface area contributed by atoms with Crippen LogP contribution in [0, 0.1) is 5.92 Å². The van der Waals surface area contributed by atoms with Gasteiger partial charge >= 0.3 is 0 Å². The van der Waals surface area contributed by atoms with Crippen molar-refractivity contribution in [3.63, 3.8) is 0 Å². The highest BCUT2D eigenvalue weighted by atomic mass is 32.2. The zero-order valence-electron chi connectivity index (χ0n) is 18.8. The Kier molecular flexibility index (Phi) is 7.14. The summed E-state index contributed by atoms with van der Waals surface area (Å²) in [5.74, 6) is 2.12. The van der Waals surface area contributed by atoms with Crippen molar-refractivity contribution >= 4 is 26.7 Å². The van der Waals surface area contributed by atoms with E-state index in [2.05, 4.69) is 0 Å². The molecule has 0 saturated carbocycles. The number of benzene rings is 2. The van der Waals surface area contributed by atoms with Crippen molar-refractivity contribution in [3.05, 3.63) is 59.9 Å². The maximum atomic E-state index is 11.9. The molecule has 0 aliphatic carbocycles. The third kappa shape index (κ3) is 6.21. The Hall–Kier alpha value is -2.71. The first kappa shape index (κ1) is 23.4. The summed E-state index contributed by atoms with van der Waals surface area (Å²) < 4.78 is 31.5. The maximum Gasteiger partial charge on any atom is 0.150 e. The van der Waals surface area contributed by atoms with E-state index in [4.69, 9.17) is 9.72 Å². The van der Waals surface area contributed by atoms with Gasteiger partial charge in [0.15, 0.2) is 9.84 Å². The molecule has 1 saturated heterocycles. The van der Waals surface area contributed by atoms with Crippen LogP contribution in [0.2, 0.25) is 0 Å². The second kappa shape index (κ2) is 10.1. The van der Waals surface area contributed by atoms with E-state index in [1.165, 1.54) is 0 Å². The average molecular weight is 471 g/mol. The molecule has 0 spiro atoms. The largest absolute Gasteiger partial charge is 0.491 e. The molecular weight excluding hydrogens is 440 g/mol. The number of carbonyl (C=O) groups is 1. The number of imidazole rings is 1. The number of fused-ring (bicyclic) bond motifs is 1. The number of nitrogens with zero attached hydrogens (tertiary/aromatic N) is 2. The first-order valence-electron chi connectivity index (χ1n) is 11.3. The summed E-state index contributed by atoms with van der Waals surface area (Å²) in [7, 11) is -2.96. The van der Waals surface area contributed by atoms with Crippen LogP contribution in [0.3, 0.4) is 0 Å². The molecule has 1 N–H and O–H groups in total. The normalized spacial score (nSPS) is 18.4. The summed E-state index contributed by atoms with van der Waals surface area (Å²) in [5.41, 5.74) is 2.83. The van der Waals surface area contributed by atoms with Crippen LogP contribution in [0.15, 0.2) is 48.5 Å². The summed E-state index contributed by atoms with van der Waals surface area (Å²) in [6.45, 7) is 2.02. The number of carbonyl (C=O) groups excluding carboxylic acids is 1. The number of para-hydroxylation sites is 2. The third-order valence-corrected chi connectivity index (χ3v) is 7.89.